The van der Waals surface area contributed by atoms with Gasteiger partial charge in [-0.2, -0.15) is 0 Å². The number of hydrogen-bond donors (Lipinski definition) is 1. The van der Waals surface area contributed by atoms with E-state index in [1.54, 1.807) is 37.7 Å². The maximum Gasteiger partial charge on any atom is 0.306 e. The third-order valence-electron chi connectivity index (χ3n) is 4.68. The van der Waals surface area contributed by atoms with Crippen LogP contribution in [0.5, 0.6) is 0 Å². The molecule has 2 aromatic rings. The highest BCUT2D eigenvalue weighted by atomic mass is 32.2. The molecule has 1 aromatic carbocycles. The molecule has 0 radical (unpaired) electrons. The van der Waals surface area contributed by atoms with Gasteiger partial charge in [-0.1, -0.05) is 12.1 Å². The standard InChI is InChI=1S/C22H25NO5S/c1-12-20(14(3)24)13(2)23-21(12)22(27)15(4)28-19(26)11-10-18(25)16-6-8-17(29-5)9-7-16/h6-9,15,23H,10-11H2,1-5H3/t15-/m0/s1. The third-order valence-corrected chi connectivity index (χ3v) is 5.43. The van der Waals surface area contributed by atoms with Crippen molar-refractivity contribution in [3.05, 3.63) is 52.3 Å². The van der Waals surface area contributed by atoms with Crippen molar-refractivity contribution in [1.82, 2.24) is 4.98 Å². The Kier molecular flexibility index (Phi) is 7.56. The van der Waals surface area contributed by atoms with Gasteiger partial charge in [0, 0.05) is 28.1 Å². The van der Waals surface area contributed by atoms with Gasteiger partial charge >= 0.3 is 5.97 Å². The van der Waals surface area contributed by atoms with E-state index in [1.807, 2.05) is 18.4 Å². The minimum absolute atomic E-state index is 0.00742. The van der Waals surface area contributed by atoms with Gasteiger partial charge in [0.15, 0.2) is 17.7 Å². The number of carbonyl (C=O) groups is 4. The first-order chi connectivity index (χ1) is 13.6. The number of carbonyl (C=O) groups excluding carboxylic acids is 4. The Bertz CT molecular complexity index is 943. The molecule has 2 rings (SSSR count). The minimum Gasteiger partial charge on any atom is -0.454 e. The number of aryl methyl sites for hydroxylation is 1. The SMILES string of the molecule is CSc1ccc(C(=O)CCC(=O)O[C@@H](C)C(=O)c2[nH]c(C)c(C(C)=O)c2C)cc1. The summed E-state index contributed by atoms with van der Waals surface area (Å²) in [7, 11) is 0. The average molecular weight is 416 g/mol. The minimum atomic E-state index is -1.02. The lowest BCUT2D eigenvalue weighted by molar-refractivity contribution is -0.146. The lowest BCUT2D eigenvalue weighted by Crippen LogP contribution is -2.25. The number of benzene rings is 1. The summed E-state index contributed by atoms with van der Waals surface area (Å²) >= 11 is 1.58. The number of esters is 1. The van der Waals surface area contributed by atoms with Crippen molar-refractivity contribution in [2.45, 2.75) is 51.5 Å². The highest BCUT2D eigenvalue weighted by Gasteiger charge is 2.26. The van der Waals surface area contributed by atoms with Crippen molar-refractivity contribution in [1.29, 1.82) is 0 Å². The normalized spacial score (nSPS) is 11.8. The molecular weight excluding hydrogens is 390 g/mol. The van der Waals surface area contributed by atoms with Crippen LogP contribution in [0.25, 0.3) is 0 Å². The van der Waals surface area contributed by atoms with Crippen molar-refractivity contribution in [3.63, 3.8) is 0 Å². The lowest BCUT2D eigenvalue weighted by Gasteiger charge is -2.12. The number of Topliss-reactive ketones (excluding diaryl/α,β-unsaturated/α-hetero) is 3. The Labute approximate surface area is 174 Å². The zero-order valence-electron chi connectivity index (χ0n) is 17.3. The van der Waals surface area contributed by atoms with Crippen LogP contribution in [0.1, 0.15) is 69.2 Å². The van der Waals surface area contributed by atoms with Crippen LogP contribution in [0.3, 0.4) is 0 Å². The molecule has 0 saturated heterocycles. The summed E-state index contributed by atoms with van der Waals surface area (Å²) in [6.45, 7) is 6.32. The third kappa shape index (κ3) is 5.44. The molecular formula is C22H25NO5S. The van der Waals surface area contributed by atoms with E-state index in [2.05, 4.69) is 4.98 Å². The number of aromatic amines is 1. The molecule has 0 aliphatic heterocycles. The molecule has 0 unspecified atom stereocenters. The monoisotopic (exact) mass is 415 g/mol. The molecule has 154 valence electrons. The molecule has 29 heavy (non-hydrogen) atoms. The highest BCUT2D eigenvalue weighted by molar-refractivity contribution is 7.98. The summed E-state index contributed by atoms with van der Waals surface area (Å²) < 4.78 is 5.20. The summed E-state index contributed by atoms with van der Waals surface area (Å²) in [5.41, 5.74) is 2.43. The van der Waals surface area contributed by atoms with Gasteiger partial charge in [0.2, 0.25) is 5.78 Å². The highest BCUT2D eigenvalue weighted by Crippen LogP contribution is 2.21. The molecule has 0 spiro atoms. The molecule has 0 aliphatic rings. The van der Waals surface area contributed by atoms with Gasteiger partial charge in [0.05, 0.1) is 12.1 Å². The maximum atomic E-state index is 12.6. The number of ether oxygens (including phenoxy) is 1. The molecule has 0 aliphatic carbocycles. The molecule has 0 amide bonds. The van der Waals surface area contributed by atoms with E-state index in [-0.39, 0.29) is 30.1 Å². The summed E-state index contributed by atoms with van der Waals surface area (Å²) in [4.78, 5) is 52.6. The summed E-state index contributed by atoms with van der Waals surface area (Å²) in [6.07, 6.45) is 0.831. The zero-order valence-corrected chi connectivity index (χ0v) is 18.1. The van der Waals surface area contributed by atoms with Gasteiger partial charge in [-0.05, 0) is 51.6 Å². The van der Waals surface area contributed by atoms with E-state index in [1.165, 1.54) is 13.8 Å². The molecule has 1 aromatic heterocycles. The fraction of sp³-hybridized carbons (Fsp3) is 0.364. The van der Waals surface area contributed by atoms with E-state index in [4.69, 9.17) is 4.74 Å². The van der Waals surface area contributed by atoms with Gasteiger partial charge < -0.3 is 9.72 Å². The van der Waals surface area contributed by atoms with Crippen molar-refractivity contribution in [3.8, 4) is 0 Å². The number of rotatable bonds is 9. The fourth-order valence-electron chi connectivity index (χ4n) is 3.17. The van der Waals surface area contributed by atoms with Gasteiger partial charge in [0.25, 0.3) is 0 Å². The first-order valence-electron chi connectivity index (χ1n) is 9.26. The van der Waals surface area contributed by atoms with Crippen LogP contribution >= 0.6 is 11.8 Å². The Morgan fingerprint density at radius 1 is 1.07 bits per heavy atom. The molecule has 1 heterocycles. The predicted octanol–water partition coefficient (Wildman–Crippen LogP) is 4.33. The maximum absolute atomic E-state index is 12.6. The van der Waals surface area contributed by atoms with E-state index in [9.17, 15) is 19.2 Å². The molecule has 1 N–H and O–H groups in total. The number of ketones is 3. The number of aromatic nitrogens is 1. The zero-order chi connectivity index (χ0) is 21.7. The van der Waals surface area contributed by atoms with Crippen molar-refractivity contribution in [2.75, 3.05) is 6.26 Å². The Morgan fingerprint density at radius 3 is 2.21 bits per heavy atom. The van der Waals surface area contributed by atoms with E-state index >= 15 is 0 Å². The van der Waals surface area contributed by atoms with E-state index < -0.39 is 17.9 Å². The van der Waals surface area contributed by atoms with Crippen molar-refractivity contribution < 1.29 is 23.9 Å². The van der Waals surface area contributed by atoms with Crippen molar-refractivity contribution >= 4 is 35.1 Å². The lowest BCUT2D eigenvalue weighted by atomic mass is 10.0. The number of hydrogen-bond acceptors (Lipinski definition) is 6. The van der Waals surface area contributed by atoms with Crippen LogP contribution < -0.4 is 0 Å². The van der Waals surface area contributed by atoms with Crippen LogP contribution in [-0.2, 0) is 9.53 Å². The quantitative estimate of drug-likeness (QED) is 0.372. The summed E-state index contributed by atoms with van der Waals surface area (Å²) in [6, 6.07) is 7.17. The van der Waals surface area contributed by atoms with E-state index in [0.717, 1.165) is 4.90 Å². The second kappa shape index (κ2) is 9.69. The van der Waals surface area contributed by atoms with Gasteiger partial charge in [-0.3, -0.25) is 19.2 Å². The molecule has 6 nitrogen and oxygen atoms in total. The number of thioether (sulfide) groups is 1. The van der Waals surface area contributed by atoms with E-state index in [0.29, 0.717) is 22.4 Å². The van der Waals surface area contributed by atoms with Crippen LogP contribution in [0, 0.1) is 13.8 Å². The van der Waals surface area contributed by atoms with Gasteiger partial charge in [-0.25, -0.2) is 0 Å². The number of nitrogens with one attached hydrogen (secondary N) is 1. The first kappa shape index (κ1) is 22.6. The molecule has 7 heteroatoms. The molecule has 0 bridgehead atoms. The molecule has 0 fully saturated rings. The average Bonchev–Trinajstić information content (AvgIpc) is 2.99. The van der Waals surface area contributed by atoms with Gasteiger partial charge in [0.1, 0.15) is 0 Å². The van der Waals surface area contributed by atoms with Crippen LogP contribution in [-0.4, -0.2) is 40.7 Å². The van der Waals surface area contributed by atoms with Gasteiger partial charge in [-0.15, -0.1) is 11.8 Å². The number of H-pyrrole nitrogens is 1. The summed E-state index contributed by atoms with van der Waals surface area (Å²) in [5.74, 6) is -1.32. The topological polar surface area (TPSA) is 93.3 Å². The first-order valence-corrected chi connectivity index (χ1v) is 10.5. The Hall–Kier alpha value is -2.67. The Morgan fingerprint density at radius 2 is 1.69 bits per heavy atom. The van der Waals surface area contributed by atoms with Crippen LogP contribution in [0.15, 0.2) is 29.2 Å². The fourth-order valence-corrected chi connectivity index (χ4v) is 3.58. The largest absolute Gasteiger partial charge is 0.454 e. The Balaban J connectivity index is 1.94. The summed E-state index contributed by atoms with van der Waals surface area (Å²) in [5, 5.41) is 0. The molecule has 1 atom stereocenters. The smallest absolute Gasteiger partial charge is 0.306 e. The second-order valence-electron chi connectivity index (χ2n) is 6.83. The van der Waals surface area contributed by atoms with Crippen LogP contribution in [0.2, 0.25) is 0 Å². The predicted molar refractivity (Wildman–Crippen MR) is 112 cm³/mol. The van der Waals surface area contributed by atoms with Crippen molar-refractivity contribution in [2.24, 2.45) is 0 Å². The second-order valence-corrected chi connectivity index (χ2v) is 7.71. The van der Waals surface area contributed by atoms with Crippen LogP contribution in [0.4, 0.5) is 0 Å². The molecule has 0 saturated carbocycles.